The Kier molecular flexibility index (Phi) is 2.20. The molecule has 0 amide bonds. The Balaban J connectivity index is 2.33. The van der Waals surface area contributed by atoms with Crippen LogP contribution >= 0.6 is 0 Å². The van der Waals surface area contributed by atoms with Crippen molar-refractivity contribution in [1.82, 2.24) is 5.32 Å². The summed E-state index contributed by atoms with van der Waals surface area (Å²) in [5.41, 5.74) is 1.37. The summed E-state index contributed by atoms with van der Waals surface area (Å²) in [6, 6.07) is 7.48. The fourth-order valence-corrected chi connectivity index (χ4v) is 1.82. The molecule has 0 aromatic heterocycles. The summed E-state index contributed by atoms with van der Waals surface area (Å²) < 4.78 is 0. The average Bonchev–Trinajstić information content (AvgIpc) is 2.19. The van der Waals surface area contributed by atoms with Gasteiger partial charge in [0.2, 0.25) is 0 Å². The number of aromatic hydroxyl groups is 1. The quantitative estimate of drug-likeness (QED) is 0.709. The Morgan fingerprint density at radius 1 is 1.29 bits per heavy atom. The maximum Gasteiger partial charge on any atom is 0.115 e. The van der Waals surface area contributed by atoms with Crippen molar-refractivity contribution in [3.8, 4) is 5.75 Å². The van der Waals surface area contributed by atoms with Crippen molar-refractivity contribution in [2.75, 3.05) is 6.54 Å². The molecule has 1 heterocycles. The van der Waals surface area contributed by atoms with Crippen molar-refractivity contribution in [1.29, 1.82) is 0 Å². The smallest absolute Gasteiger partial charge is 0.115 e. The monoisotopic (exact) mass is 189 g/mol. The highest BCUT2D eigenvalue weighted by molar-refractivity contribution is 5.35. The van der Waals surface area contributed by atoms with Gasteiger partial charge in [-0.2, -0.15) is 0 Å². The molecule has 2 N–H and O–H groups in total. The standard InChI is InChI=1S/C12H15NO/c1-12(6-8-13-9-7-12)10-2-4-11(14)5-3-10/h2-6,8,13-14H,7,9H2,1H3. The molecule has 0 radical (unpaired) electrons. The van der Waals surface area contributed by atoms with Crippen LogP contribution in [0.1, 0.15) is 18.9 Å². The number of nitrogens with one attached hydrogen (secondary N) is 1. The lowest BCUT2D eigenvalue weighted by atomic mass is 9.78. The first kappa shape index (κ1) is 9.13. The van der Waals surface area contributed by atoms with Crippen LogP contribution in [0.5, 0.6) is 5.75 Å². The molecular formula is C12H15NO. The molecule has 1 aromatic carbocycles. The third kappa shape index (κ3) is 1.60. The van der Waals surface area contributed by atoms with Crippen LogP contribution in [0.3, 0.4) is 0 Å². The molecule has 1 aliphatic rings. The lowest BCUT2D eigenvalue weighted by Gasteiger charge is -2.29. The molecule has 2 rings (SSSR count). The van der Waals surface area contributed by atoms with Gasteiger partial charge in [-0.05, 0) is 30.3 Å². The van der Waals surface area contributed by atoms with Gasteiger partial charge in [-0.15, -0.1) is 0 Å². The van der Waals surface area contributed by atoms with E-state index >= 15 is 0 Å². The summed E-state index contributed by atoms with van der Waals surface area (Å²) in [6.45, 7) is 3.23. The molecule has 0 fully saturated rings. The van der Waals surface area contributed by atoms with E-state index < -0.39 is 0 Å². The summed E-state index contributed by atoms with van der Waals surface area (Å²) in [5.74, 6) is 0.329. The zero-order valence-corrected chi connectivity index (χ0v) is 8.33. The minimum Gasteiger partial charge on any atom is -0.508 e. The van der Waals surface area contributed by atoms with Gasteiger partial charge in [-0.25, -0.2) is 0 Å². The Morgan fingerprint density at radius 3 is 2.57 bits per heavy atom. The van der Waals surface area contributed by atoms with E-state index in [1.165, 1.54) is 5.56 Å². The number of phenolic OH excluding ortho intramolecular Hbond substituents is 1. The summed E-state index contributed by atoms with van der Waals surface area (Å²) in [6.07, 6.45) is 5.29. The van der Waals surface area contributed by atoms with Crippen LogP contribution in [0.25, 0.3) is 0 Å². The molecule has 1 aromatic rings. The molecule has 1 aliphatic heterocycles. The van der Waals surface area contributed by atoms with Gasteiger partial charge in [-0.3, -0.25) is 0 Å². The highest BCUT2D eigenvalue weighted by Gasteiger charge is 2.24. The number of phenols is 1. The fourth-order valence-electron chi connectivity index (χ4n) is 1.82. The predicted octanol–water partition coefficient (Wildman–Crippen LogP) is 2.16. The van der Waals surface area contributed by atoms with E-state index in [1.54, 1.807) is 12.1 Å². The van der Waals surface area contributed by atoms with Crippen molar-refractivity contribution in [3.05, 3.63) is 42.1 Å². The van der Waals surface area contributed by atoms with Crippen LogP contribution in [0.4, 0.5) is 0 Å². The summed E-state index contributed by atoms with van der Waals surface area (Å²) in [5, 5.41) is 12.4. The van der Waals surface area contributed by atoms with Crippen molar-refractivity contribution in [3.63, 3.8) is 0 Å². The molecule has 2 heteroatoms. The number of hydrogen-bond donors (Lipinski definition) is 2. The Hall–Kier alpha value is -1.44. The second-order valence-electron chi connectivity index (χ2n) is 4.00. The van der Waals surface area contributed by atoms with Gasteiger partial charge in [0, 0.05) is 12.0 Å². The van der Waals surface area contributed by atoms with E-state index in [0.717, 1.165) is 13.0 Å². The normalized spacial score (nSPS) is 25.8. The third-order valence-corrected chi connectivity index (χ3v) is 2.88. The Morgan fingerprint density at radius 2 is 2.00 bits per heavy atom. The SMILES string of the molecule is CC1(c2ccc(O)cc2)C=CNCC1. The number of benzene rings is 1. The first-order valence-electron chi connectivity index (χ1n) is 4.91. The maximum atomic E-state index is 9.21. The predicted molar refractivity (Wildman–Crippen MR) is 57.2 cm³/mol. The maximum absolute atomic E-state index is 9.21. The number of allylic oxidation sites excluding steroid dienone is 1. The van der Waals surface area contributed by atoms with E-state index in [0.29, 0.717) is 5.75 Å². The van der Waals surface area contributed by atoms with Gasteiger partial charge in [0.25, 0.3) is 0 Å². The summed E-state index contributed by atoms with van der Waals surface area (Å²) in [7, 11) is 0. The summed E-state index contributed by atoms with van der Waals surface area (Å²) in [4.78, 5) is 0. The van der Waals surface area contributed by atoms with Gasteiger partial charge in [0.05, 0.1) is 0 Å². The molecule has 0 saturated heterocycles. The van der Waals surface area contributed by atoms with Gasteiger partial charge in [0.1, 0.15) is 5.75 Å². The van der Waals surface area contributed by atoms with Crippen LogP contribution in [0.2, 0.25) is 0 Å². The molecule has 1 unspecified atom stereocenters. The topological polar surface area (TPSA) is 32.3 Å². The van der Waals surface area contributed by atoms with E-state index in [4.69, 9.17) is 0 Å². The van der Waals surface area contributed by atoms with Gasteiger partial charge in [0.15, 0.2) is 0 Å². The average molecular weight is 189 g/mol. The van der Waals surface area contributed by atoms with Crippen LogP contribution in [-0.4, -0.2) is 11.7 Å². The first-order valence-corrected chi connectivity index (χ1v) is 4.91. The lowest BCUT2D eigenvalue weighted by Crippen LogP contribution is -2.29. The fraction of sp³-hybridized carbons (Fsp3) is 0.333. The molecule has 0 bridgehead atoms. The van der Waals surface area contributed by atoms with Crippen molar-refractivity contribution in [2.45, 2.75) is 18.8 Å². The lowest BCUT2D eigenvalue weighted by molar-refractivity contribution is 0.471. The highest BCUT2D eigenvalue weighted by Crippen LogP contribution is 2.31. The van der Waals surface area contributed by atoms with Crippen molar-refractivity contribution < 1.29 is 5.11 Å². The van der Waals surface area contributed by atoms with Gasteiger partial charge in [-0.1, -0.05) is 25.1 Å². The van der Waals surface area contributed by atoms with Gasteiger partial charge >= 0.3 is 0 Å². The highest BCUT2D eigenvalue weighted by atomic mass is 16.3. The zero-order valence-electron chi connectivity index (χ0n) is 8.33. The molecule has 0 aliphatic carbocycles. The number of rotatable bonds is 1. The van der Waals surface area contributed by atoms with Crippen LogP contribution in [0.15, 0.2) is 36.5 Å². The van der Waals surface area contributed by atoms with E-state index in [9.17, 15) is 5.11 Å². The molecular weight excluding hydrogens is 174 g/mol. The summed E-state index contributed by atoms with van der Waals surface area (Å²) >= 11 is 0. The second-order valence-corrected chi connectivity index (χ2v) is 4.00. The molecule has 2 nitrogen and oxygen atoms in total. The van der Waals surface area contributed by atoms with E-state index in [1.807, 2.05) is 18.3 Å². The van der Waals surface area contributed by atoms with Crippen LogP contribution < -0.4 is 5.32 Å². The second kappa shape index (κ2) is 3.37. The molecule has 0 saturated carbocycles. The third-order valence-electron chi connectivity index (χ3n) is 2.88. The van der Waals surface area contributed by atoms with E-state index in [2.05, 4.69) is 18.3 Å². The van der Waals surface area contributed by atoms with E-state index in [-0.39, 0.29) is 5.41 Å². The molecule has 0 spiro atoms. The molecule has 74 valence electrons. The van der Waals surface area contributed by atoms with Crippen LogP contribution in [-0.2, 0) is 5.41 Å². The largest absolute Gasteiger partial charge is 0.508 e. The van der Waals surface area contributed by atoms with Crippen LogP contribution in [0, 0.1) is 0 Å². The number of hydrogen-bond acceptors (Lipinski definition) is 2. The zero-order chi connectivity index (χ0) is 10.0. The minimum absolute atomic E-state index is 0.110. The first-order chi connectivity index (χ1) is 6.71. The molecule has 14 heavy (non-hydrogen) atoms. The van der Waals surface area contributed by atoms with Crippen molar-refractivity contribution >= 4 is 0 Å². The van der Waals surface area contributed by atoms with Crippen molar-refractivity contribution in [2.24, 2.45) is 0 Å². The Bertz CT molecular complexity index is 342. The van der Waals surface area contributed by atoms with Gasteiger partial charge < -0.3 is 10.4 Å². The minimum atomic E-state index is 0.110. The Labute approximate surface area is 84.3 Å². The molecule has 1 atom stereocenters.